The smallest absolute Gasteiger partial charge is 0.0494 e. The molecule has 1 saturated carbocycles. The fourth-order valence-electron chi connectivity index (χ4n) is 3.19. The van der Waals surface area contributed by atoms with E-state index in [2.05, 4.69) is 42.3 Å². The van der Waals surface area contributed by atoms with Crippen LogP contribution < -0.4 is 10.6 Å². The molecular weight excluding hydrogens is 237 g/mol. The van der Waals surface area contributed by atoms with Crippen LogP contribution in [0.25, 0.3) is 6.08 Å². The molecule has 2 heteroatoms. The van der Waals surface area contributed by atoms with E-state index in [4.69, 9.17) is 0 Å². The first-order valence-electron chi connectivity index (χ1n) is 7.12. The van der Waals surface area contributed by atoms with Gasteiger partial charge in [0.05, 0.1) is 0 Å². The Kier molecular flexibility index (Phi) is 3.70. The van der Waals surface area contributed by atoms with E-state index in [1.54, 1.807) is 5.30 Å². The molecule has 3 rings (SSSR count). The van der Waals surface area contributed by atoms with Crippen LogP contribution in [0, 0.1) is 0 Å². The van der Waals surface area contributed by atoms with Crippen LogP contribution in [0.3, 0.4) is 0 Å². The summed E-state index contributed by atoms with van der Waals surface area (Å²) < 4.78 is 0. The van der Waals surface area contributed by atoms with Gasteiger partial charge in [0.15, 0.2) is 0 Å². The molecule has 0 radical (unpaired) electrons. The molecular formula is C16H22NP. The standard InChI is InChI=1S/C16H22NP/c1-18(14-9-3-2-4-10-14)15-11-5-7-13-8-6-12-17-16(13)15/h5-8,11,14,17H,2-4,9-10,12H2,1H3. The average molecular weight is 259 g/mol. The van der Waals surface area contributed by atoms with Crippen molar-refractivity contribution >= 4 is 25.0 Å². The number of rotatable bonds is 2. The molecule has 1 aliphatic heterocycles. The highest BCUT2D eigenvalue weighted by Crippen LogP contribution is 2.46. The average Bonchev–Trinajstić information content (AvgIpc) is 2.47. The van der Waals surface area contributed by atoms with Crippen LogP contribution in [0.1, 0.15) is 37.7 Å². The number of para-hydroxylation sites is 1. The SMILES string of the molecule is CP(c1cccc2c1NCC=C2)C1CCCCC1. The number of hydrogen-bond acceptors (Lipinski definition) is 1. The van der Waals surface area contributed by atoms with Crippen LogP contribution in [0.15, 0.2) is 24.3 Å². The zero-order valence-corrected chi connectivity index (χ0v) is 12.0. The zero-order chi connectivity index (χ0) is 12.4. The second-order valence-corrected chi connectivity index (χ2v) is 7.86. The first-order chi connectivity index (χ1) is 8.86. The van der Waals surface area contributed by atoms with Gasteiger partial charge in [0, 0.05) is 12.2 Å². The minimum atomic E-state index is -0.00488. The summed E-state index contributed by atoms with van der Waals surface area (Å²) in [4.78, 5) is 0. The molecule has 1 aromatic carbocycles. The third-order valence-electron chi connectivity index (χ3n) is 4.27. The normalized spacial score (nSPS) is 21.2. The van der Waals surface area contributed by atoms with Gasteiger partial charge >= 0.3 is 0 Å². The van der Waals surface area contributed by atoms with E-state index < -0.39 is 0 Å². The Labute approximate surface area is 111 Å². The molecule has 1 heterocycles. The minimum Gasteiger partial charge on any atom is -0.381 e. The molecule has 1 unspecified atom stereocenters. The lowest BCUT2D eigenvalue weighted by atomic mass is 10.0. The van der Waals surface area contributed by atoms with Crippen molar-refractivity contribution in [3.63, 3.8) is 0 Å². The molecule has 0 amide bonds. The summed E-state index contributed by atoms with van der Waals surface area (Å²) in [7, 11) is -0.00488. The molecule has 1 nitrogen and oxygen atoms in total. The third-order valence-corrected chi connectivity index (χ3v) is 7.02. The summed E-state index contributed by atoms with van der Waals surface area (Å²) in [6.45, 7) is 3.47. The van der Waals surface area contributed by atoms with Crippen molar-refractivity contribution in [1.82, 2.24) is 0 Å². The van der Waals surface area contributed by atoms with Crippen LogP contribution in [0.4, 0.5) is 5.69 Å². The Hall–Kier alpha value is -0.810. The van der Waals surface area contributed by atoms with Crippen molar-refractivity contribution in [2.24, 2.45) is 0 Å². The molecule has 18 heavy (non-hydrogen) atoms. The highest BCUT2D eigenvalue weighted by atomic mass is 31.1. The van der Waals surface area contributed by atoms with E-state index in [0.717, 1.165) is 12.2 Å². The number of fused-ring (bicyclic) bond motifs is 1. The van der Waals surface area contributed by atoms with Crippen molar-refractivity contribution < 1.29 is 0 Å². The predicted molar refractivity (Wildman–Crippen MR) is 83.3 cm³/mol. The van der Waals surface area contributed by atoms with Gasteiger partial charge in [0.2, 0.25) is 0 Å². The van der Waals surface area contributed by atoms with Gasteiger partial charge in [-0.2, -0.15) is 0 Å². The first-order valence-corrected chi connectivity index (χ1v) is 8.98. The third kappa shape index (κ3) is 2.34. The Morgan fingerprint density at radius 2 is 2.00 bits per heavy atom. The van der Waals surface area contributed by atoms with Crippen molar-refractivity contribution in [1.29, 1.82) is 0 Å². The van der Waals surface area contributed by atoms with E-state index in [-0.39, 0.29) is 7.92 Å². The number of benzene rings is 1. The number of anilines is 1. The molecule has 0 spiro atoms. The lowest BCUT2D eigenvalue weighted by molar-refractivity contribution is 0.512. The topological polar surface area (TPSA) is 12.0 Å². The zero-order valence-electron chi connectivity index (χ0n) is 11.2. The second-order valence-electron chi connectivity index (χ2n) is 5.43. The summed E-state index contributed by atoms with van der Waals surface area (Å²) in [6, 6.07) is 6.81. The highest BCUT2D eigenvalue weighted by molar-refractivity contribution is 7.66. The molecule has 96 valence electrons. The summed E-state index contributed by atoms with van der Waals surface area (Å²) in [5, 5.41) is 5.18. The van der Waals surface area contributed by atoms with Crippen molar-refractivity contribution in [2.45, 2.75) is 37.8 Å². The maximum Gasteiger partial charge on any atom is 0.0494 e. The van der Waals surface area contributed by atoms with E-state index in [9.17, 15) is 0 Å². The molecule has 1 atom stereocenters. The van der Waals surface area contributed by atoms with Gasteiger partial charge in [-0.25, -0.2) is 0 Å². The molecule has 2 aliphatic rings. The molecule has 1 fully saturated rings. The van der Waals surface area contributed by atoms with Crippen molar-refractivity contribution in [3.8, 4) is 0 Å². The molecule has 0 aromatic heterocycles. The summed E-state index contributed by atoms with van der Waals surface area (Å²) in [5.41, 5.74) is 3.75. The van der Waals surface area contributed by atoms with Gasteiger partial charge < -0.3 is 5.32 Å². The lowest BCUT2D eigenvalue weighted by Crippen LogP contribution is -2.21. The summed E-state index contributed by atoms with van der Waals surface area (Å²) >= 11 is 0. The fraction of sp³-hybridized carbons (Fsp3) is 0.500. The van der Waals surface area contributed by atoms with Gasteiger partial charge in [0.1, 0.15) is 0 Å². The van der Waals surface area contributed by atoms with Gasteiger partial charge in [-0.1, -0.05) is 57.5 Å². The van der Waals surface area contributed by atoms with Gasteiger partial charge in [-0.3, -0.25) is 0 Å². The van der Waals surface area contributed by atoms with E-state index >= 15 is 0 Å². The highest BCUT2D eigenvalue weighted by Gasteiger charge is 2.23. The quantitative estimate of drug-likeness (QED) is 0.785. The van der Waals surface area contributed by atoms with Crippen LogP contribution >= 0.6 is 7.92 Å². The maximum atomic E-state index is 3.58. The van der Waals surface area contributed by atoms with E-state index in [1.165, 1.54) is 43.4 Å². The first kappa shape index (κ1) is 12.2. The van der Waals surface area contributed by atoms with Crippen LogP contribution in [-0.4, -0.2) is 18.9 Å². The predicted octanol–water partition coefficient (Wildman–Crippen LogP) is 4.20. The van der Waals surface area contributed by atoms with Crippen LogP contribution in [0.5, 0.6) is 0 Å². The summed E-state index contributed by atoms with van der Waals surface area (Å²) in [5.74, 6) is 0. The Bertz CT molecular complexity index is 446. The van der Waals surface area contributed by atoms with Crippen molar-refractivity contribution in [2.75, 3.05) is 18.5 Å². The van der Waals surface area contributed by atoms with Gasteiger partial charge in [0.25, 0.3) is 0 Å². The molecule has 1 N–H and O–H groups in total. The fourth-order valence-corrected chi connectivity index (χ4v) is 5.61. The molecule has 0 bridgehead atoms. The Balaban J connectivity index is 1.89. The minimum absolute atomic E-state index is 0.00488. The molecule has 1 aliphatic carbocycles. The Morgan fingerprint density at radius 1 is 1.17 bits per heavy atom. The van der Waals surface area contributed by atoms with Crippen LogP contribution in [-0.2, 0) is 0 Å². The van der Waals surface area contributed by atoms with E-state index in [1.807, 2.05) is 0 Å². The van der Waals surface area contributed by atoms with Gasteiger partial charge in [-0.05, 0) is 36.0 Å². The Morgan fingerprint density at radius 3 is 2.83 bits per heavy atom. The number of nitrogens with one attached hydrogen (secondary N) is 1. The monoisotopic (exact) mass is 259 g/mol. The van der Waals surface area contributed by atoms with Crippen molar-refractivity contribution in [3.05, 3.63) is 29.8 Å². The van der Waals surface area contributed by atoms with Gasteiger partial charge in [-0.15, -0.1) is 0 Å². The second kappa shape index (κ2) is 5.45. The lowest BCUT2D eigenvalue weighted by Gasteiger charge is -2.30. The maximum absolute atomic E-state index is 3.58. The largest absolute Gasteiger partial charge is 0.381 e. The molecule has 1 aromatic rings. The number of hydrogen-bond donors (Lipinski definition) is 1. The summed E-state index contributed by atoms with van der Waals surface area (Å²) in [6.07, 6.45) is 11.7. The van der Waals surface area contributed by atoms with Crippen LogP contribution in [0.2, 0.25) is 0 Å². The van der Waals surface area contributed by atoms with E-state index in [0.29, 0.717) is 0 Å². The molecule has 0 saturated heterocycles.